The Bertz CT molecular complexity index is 5250. The molecule has 0 radical (unpaired) electrons. The van der Waals surface area contributed by atoms with Gasteiger partial charge in [-0.15, -0.1) is 0 Å². The Labute approximate surface area is 689 Å². The molecule has 126 heavy (non-hydrogen) atoms. The van der Waals surface area contributed by atoms with Crippen LogP contribution >= 0.6 is 0 Å². The first-order chi connectivity index (χ1) is 57.5. The second kappa shape index (κ2) is 35.6. The van der Waals surface area contributed by atoms with Crippen LogP contribution in [0.15, 0.2) is 164 Å². The number of halogens is 36. The maximum atomic E-state index is 14.0. The van der Waals surface area contributed by atoms with E-state index in [1.54, 1.807) is 0 Å². The van der Waals surface area contributed by atoms with Crippen LogP contribution in [-0.4, -0.2) is 64.1 Å². The fraction of sp³-hybridized carbons (Fsp3) is 0.250. The number of benzene rings is 9. The van der Waals surface area contributed by atoms with Gasteiger partial charge in [-0.2, -0.15) is 158 Å². The third-order valence-corrected chi connectivity index (χ3v) is 18.7. The van der Waals surface area contributed by atoms with Crippen LogP contribution in [0.3, 0.4) is 0 Å². The average molecular weight is 1840 g/mol. The van der Waals surface area contributed by atoms with E-state index in [4.69, 9.17) is 41.1 Å². The summed E-state index contributed by atoms with van der Waals surface area (Å²) < 4.78 is 541. The van der Waals surface area contributed by atoms with Gasteiger partial charge in [0, 0.05) is 5.46 Å². The molecule has 3 saturated heterocycles. The predicted octanol–water partition coefficient (Wildman–Crippen LogP) is 17.8. The molecule has 3 aliphatic rings. The first-order valence-corrected chi connectivity index (χ1v) is 35.3. The molecule has 12 rings (SSSR count). The lowest BCUT2D eigenvalue weighted by atomic mass is 9.57. The van der Waals surface area contributed by atoms with E-state index in [1.807, 2.05) is 0 Å². The van der Waals surface area contributed by atoms with Gasteiger partial charge in [-0.25, -0.2) is 0 Å². The molecule has 3 heterocycles. The van der Waals surface area contributed by atoms with E-state index in [-0.39, 0.29) is 86.2 Å². The Morgan fingerprint density at radius 3 is 0.754 bits per heavy atom. The van der Waals surface area contributed by atoms with E-state index in [0.29, 0.717) is 60.7 Å². The molecule has 666 valence electrons. The van der Waals surface area contributed by atoms with Crippen molar-refractivity contribution in [2.45, 2.75) is 116 Å². The molecule has 0 atom stereocenters. The molecule has 0 aromatic heterocycles. The van der Waals surface area contributed by atoms with Crippen molar-refractivity contribution in [3.63, 3.8) is 0 Å². The van der Waals surface area contributed by atoms with E-state index < -0.39 is 238 Å². The third kappa shape index (κ3) is 23.4. The van der Waals surface area contributed by atoms with Crippen LogP contribution in [0.4, 0.5) is 158 Å². The Kier molecular flexibility index (Phi) is 27.9. The fourth-order valence-electron chi connectivity index (χ4n) is 13.2. The van der Waals surface area contributed by atoms with Crippen LogP contribution in [0.5, 0.6) is 0 Å². The van der Waals surface area contributed by atoms with Crippen molar-refractivity contribution in [1.29, 1.82) is 0 Å². The van der Waals surface area contributed by atoms with Crippen LogP contribution in [0, 0.1) is 41.5 Å². The SMILES string of the molecule is Cc1cc(B2OB(c3cc(C)cc(C(F)(F)F)c3)OB(c3cc(C(F)(F)F)cc(C(F)(F)F)c3)O2)cc(C(F)(F)F)c1.Cc1ccc(B2OB(c3ccc(C(F)(F)F)cc3C)OB(c3ccc(C(F)(F)F)cc3C(F)(F)F)O2)c(C(F)(F)F)c1.Cc1cccc(C(F)(F)F)c1B1OB(c2c(C)cccc2C(F)(F)F)OB(c2c(C(F)(F)F)cccc2C(F)(F)F)O1. The van der Waals surface area contributed by atoms with Crippen LogP contribution in [-0.2, 0) is 115 Å². The molecule has 3 fully saturated rings. The number of hydrogen-bond acceptors (Lipinski definition) is 9. The highest BCUT2D eigenvalue weighted by molar-refractivity contribution is 6.89. The van der Waals surface area contributed by atoms with Gasteiger partial charge in [0.05, 0.1) is 66.8 Å². The average Bonchev–Trinajstić information content (AvgIpc) is 0.750. The number of alkyl halides is 36. The zero-order chi connectivity index (χ0) is 94.2. The molecule has 9 aromatic carbocycles. The monoisotopic (exact) mass is 1840 g/mol. The minimum Gasteiger partial charge on any atom is -0.445 e. The number of rotatable bonds is 9. The van der Waals surface area contributed by atoms with Gasteiger partial charge in [-0.05, 0) is 122 Å². The summed E-state index contributed by atoms with van der Waals surface area (Å²) in [5, 5.41) is 0. The van der Waals surface area contributed by atoms with Crippen molar-refractivity contribution in [2.24, 2.45) is 0 Å². The maximum absolute atomic E-state index is 14.0. The number of aryl methyl sites for hydroxylation is 6. The molecule has 0 unspecified atom stereocenters. The van der Waals surface area contributed by atoms with Crippen LogP contribution < -0.4 is 49.2 Å². The predicted molar refractivity (Wildman–Crippen MR) is 385 cm³/mol. The minimum absolute atomic E-state index is 0.0277. The zero-order valence-electron chi connectivity index (χ0n) is 63.6. The van der Waals surface area contributed by atoms with Crippen molar-refractivity contribution in [3.8, 4) is 0 Å². The maximum Gasteiger partial charge on any atom is 0.468 e. The minimum atomic E-state index is -5.47. The molecule has 0 saturated carbocycles. The smallest absolute Gasteiger partial charge is 0.445 e. The first kappa shape index (κ1) is 98.9. The normalized spacial score (nSPS) is 15.4. The number of hydrogen-bond donors (Lipinski definition) is 0. The molecule has 0 amide bonds. The summed E-state index contributed by atoms with van der Waals surface area (Å²) in [5.74, 6) is 0. The zero-order valence-corrected chi connectivity index (χ0v) is 63.6. The summed E-state index contributed by atoms with van der Waals surface area (Å²) in [4.78, 5) is 0. The summed E-state index contributed by atoms with van der Waals surface area (Å²) in [5.41, 5.74) is -25.9. The lowest BCUT2D eigenvalue weighted by Gasteiger charge is -2.35. The van der Waals surface area contributed by atoms with Gasteiger partial charge < -0.3 is 41.1 Å². The van der Waals surface area contributed by atoms with Crippen molar-refractivity contribution < 1.29 is 199 Å². The van der Waals surface area contributed by atoms with Gasteiger partial charge in [0.1, 0.15) is 0 Å². The van der Waals surface area contributed by atoms with Crippen molar-refractivity contribution in [1.82, 2.24) is 0 Å². The largest absolute Gasteiger partial charge is 0.468 e. The molecule has 0 N–H and O–H groups in total. The molecule has 0 spiro atoms. The molecule has 9 aromatic rings. The lowest BCUT2D eigenvalue weighted by molar-refractivity contribution is -0.144. The Morgan fingerprint density at radius 2 is 0.429 bits per heavy atom. The second-order valence-electron chi connectivity index (χ2n) is 28.1. The molecular formula is C72H45B9F36O9. The van der Waals surface area contributed by atoms with Crippen molar-refractivity contribution in [3.05, 3.63) is 264 Å². The summed E-state index contributed by atoms with van der Waals surface area (Å²) >= 11 is 0. The highest BCUT2D eigenvalue weighted by Crippen LogP contribution is 2.43. The molecule has 0 bridgehead atoms. The van der Waals surface area contributed by atoms with Crippen molar-refractivity contribution >= 4 is 113 Å². The quantitative estimate of drug-likeness (QED) is 0.104. The summed E-state index contributed by atoms with van der Waals surface area (Å²) in [6.07, 6.45) is -61.8. The summed E-state index contributed by atoms with van der Waals surface area (Å²) in [7, 11) is -19.9. The Hall–Kier alpha value is -9.32. The highest BCUT2D eigenvalue weighted by atomic mass is 19.5. The van der Waals surface area contributed by atoms with E-state index in [0.717, 1.165) is 74.5 Å². The Balaban J connectivity index is 0.000000197. The summed E-state index contributed by atoms with van der Waals surface area (Å²) in [6, 6.07) is 17.0. The van der Waals surface area contributed by atoms with E-state index in [9.17, 15) is 158 Å². The second-order valence-corrected chi connectivity index (χ2v) is 28.1. The van der Waals surface area contributed by atoms with Crippen LogP contribution in [0.25, 0.3) is 0 Å². The summed E-state index contributed by atoms with van der Waals surface area (Å²) in [6.45, 7) is 7.28. The molecule has 0 aliphatic carbocycles. The van der Waals surface area contributed by atoms with Gasteiger partial charge in [0.2, 0.25) is 0 Å². The van der Waals surface area contributed by atoms with Gasteiger partial charge in [0.15, 0.2) is 0 Å². The van der Waals surface area contributed by atoms with Gasteiger partial charge in [-0.1, -0.05) is 161 Å². The third-order valence-electron chi connectivity index (χ3n) is 18.7. The molecule has 54 heteroatoms. The van der Waals surface area contributed by atoms with Crippen molar-refractivity contribution in [2.75, 3.05) is 0 Å². The van der Waals surface area contributed by atoms with Gasteiger partial charge >= 0.3 is 138 Å². The van der Waals surface area contributed by atoms with Crippen LogP contribution in [0.1, 0.15) is 100 Å². The lowest BCUT2D eigenvalue weighted by Crippen LogP contribution is -2.64. The van der Waals surface area contributed by atoms with E-state index in [2.05, 4.69) is 0 Å². The van der Waals surface area contributed by atoms with E-state index >= 15 is 0 Å². The molecule has 9 nitrogen and oxygen atoms in total. The Morgan fingerprint density at radius 1 is 0.175 bits per heavy atom. The topological polar surface area (TPSA) is 83.1 Å². The first-order valence-electron chi connectivity index (χ1n) is 35.3. The standard InChI is InChI=1S/3C24H15B3F12O3/c1-12-3-14(21(28,29)30)8-18(5-12)25-40-26(19-6-13(2)4-15(9-19)22(31,32)33)42-27(41-25)20-10-16(23(34,35)36)7-17(11-20)24(37,38)39;1-12-3-6-19(16(9-12)23(34,35)36)26-40-25(18-7-4-14(10-13(18)2)21(28,29)30)41-27(42-26)20-8-5-15(22(31,32)33)11-17(20)24(37,38)39;1-12-6-3-8-14(21(28,29)30)18(12)25-40-26(19-13(2)7-4-9-15(19)22(31,32)33)42-27(41-25)20-16(23(34,35)36)10-5-11-17(20)24(37,38)39/h3*3-11H,1-2H3. The highest BCUT2D eigenvalue weighted by Gasteiger charge is 2.57. The van der Waals surface area contributed by atoms with Gasteiger partial charge in [0.25, 0.3) is 0 Å². The fourth-order valence-corrected chi connectivity index (χ4v) is 13.2. The van der Waals surface area contributed by atoms with E-state index in [1.165, 1.54) is 33.8 Å². The van der Waals surface area contributed by atoms with Crippen LogP contribution in [0.2, 0.25) is 0 Å². The molecular weight excluding hydrogens is 1790 g/mol. The molecule has 3 aliphatic heterocycles. The van der Waals surface area contributed by atoms with Gasteiger partial charge in [-0.3, -0.25) is 0 Å².